The van der Waals surface area contributed by atoms with Gasteiger partial charge in [0.05, 0.1) is 41.0 Å². The van der Waals surface area contributed by atoms with Crippen LogP contribution in [0.5, 0.6) is 0 Å². The number of nitrogens with zero attached hydrogens (tertiary/aromatic N) is 1. The summed E-state index contributed by atoms with van der Waals surface area (Å²) in [6, 6.07) is 26.7. The molecule has 0 radical (unpaired) electrons. The Bertz CT molecular complexity index is 2320. The lowest BCUT2D eigenvalue weighted by atomic mass is 9.95. The number of hydrogen-bond acceptors (Lipinski definition) is 9. The van der Waals surface area contributed by atoms with Crippen molar-refractivity contribution in [2.75, 3.05) is 35.7 Å². The number of rotatable bonds is 13. The van der Waals surface area contributed by atoms with Crippen LogP contribution in [-0.2, 0) is 45.2 Å². The average molecular weight is 780 g/mol. The second-order valence-corrected chi connectivity index (χ2v) is 16.1. The van der Waals surface area contributed by atoms with Crippen LogP contribution in [0.4, 0.5) is 16.4 Å². The predicted molar refractivity (Wildman–Crippen MR) is 213 cm³/mol. The van der Waals surface area contributed by atoms with E-state index in [1.165, 1.54) is 74.0 Å². The van der Waals surface area contributed by atoms with Gasteiger partial charge in [0.2, 0.25) is 0 Å². The maximum absolute atomic E-state index is 13.9. The van der Waals surface area contributed by atoms with E-state index in [-0.39, 0.29) is 28.9 Å². The van der Waals surface area contributed by atoms with Crippen molar-refractivity contribution in [2.45, 2.75) is 50.3 Å². The maximum Gasteiger partial charge on any atom is 0.338 e. The number of thiophene rings is 1. The fraction of sp³-hybridized carbons (Fsp3) is 0.238. The van der Waals surface area contributed by atoms with E-state index >= 15 is 0 Å². The quantitative estimate of drug-likeness (QED) is 0.116. The van der Waals surface area contributed by atoms with E-state index in [1.54, 1.807) is 19.1 Å². The number of aryl methyl sites for hydroxylation is 3. The van der Waals surface area contributed by atoms with Gasteiger partial charge in [-0.1, -0.05) is 30.3 Å². The molecule has 1 aliphatic carbocycles. The van der Waals surface area contributed by atoms with Gasteiger partial charge in [0.15, 0.2) is 0 Å². The number of carbonyl (C=O) groups excluding carboxylic acids is 4. The molecule has 5 aromatic rings. The van der Waals surface area contributed by atoms with E-state index in [2.05, 4.69) is 10.6 Å². The Balaban J connectivity index is 1.14. The van der Waals surface area contributed by atoms with E-state index < -0.39 is 21.9 Å². The molecule has 0 unspecified atom stereocenters. The third-order valence-electron chi connectivity index (χ3n) is 9.41. The number of esters is 2. The Kier molecular flexibility index (Phi) is 12.1. The SMILES string of the molecule is CCOC(=O)c1ccc(N(C)S(=O)(=O)c2cccc(C(=O)Nc3sc4c(c3C(=O)Nc3ccc(CCc5ccc(C(=O)OC)cc5)cc3)CCCC4)c2)cc1. The molecule has 55 heavy (non-hydrogen) atoms. The lowest BCUT2D eigenvalue weighted by Gasteiger charge is -2.20. The Labute approximate surface area is 324 Å². The molecular formula is C42H41N3O8S2. The zero-order chi connectivity index (χ0) is 39.1. The number of fused-ring (bicyclic) bond motifs is 1. The van der Waals surface area contributed by atoms with Crippen molar-refractivity contribution in [3.8, 4) is 0 Å². The molecule has 1 aromatic heterocycles. The second kappa shape index (κ2) is 17.1. The molecule has 284 valence electrons. The number of carbonyl (C=O) groups is 4. The van der Waals surface area contributed by atoms with Gasteiger partial charge >= 0.3 is 11.9 Å². The molecule has 2 amide bonds. The minimum absolute atomic E-state index is 0.0968. The summed E-state index contributed by atoms with van der Waals surface area (Å²) in [5.41, 5.74) is 5.35. The summed E-state index contributed by atoms with van der Waals surface area (Å²) in [7, 11) is -1.34. The predicted octanol–water partition coefficient (Wildman–Crippen LogP) is 7.71. The van der Waals surface area contributed by atoms with Crippen LogP contribution in [0.15, 0.2) is 102 Å². The van der Waals surface area contributed by atoms with Gasteiger partial charge in [0.1, 0.15) is 5.00 Å². The molecule has 1 heterocycles. The van der Waals surface area contributed by atoms with Gasteiger partial charge in [-0.3, -0.25) is 13.9 Å². The van der Waals surface area contributed by atoms with Gasteiger partial charge in [-0.2, -0.15) is 0 Å². The Morgan fingerprint density at radius 2 is 1.36 bits per heavy atom. The number of methoxy groups -OCH3 is 1. The lowest BCUT2D eigenvalue weighted by Crippen LogP contribution is -2.27. The van der Waals surface area contributed by atoms with Crippen molar-refractivity contribution >= 4 is 61.5 Å². The molecule has 13 heteroatoms. The Morgan fingerprint density at radius 3 is 2.02 bits per heavy atom. The molecule has 0 bridgehead atoms. The highest BCUT2D eigenvalue weighted by atomic mass is 32.2. The summed E-state index contributed by atoms with van der Waals surface area (Å²) in [6.45, 7) is 1.92. The molecule has 0 atom stereocenters. The van der Waals surface area contributed by atoms with Crippen molar-refractivity contribution in [3.05, 3.63) is 141 Å². The van der Waals surface area contributed by atoms with Crippen molar-refractivity contribution in [2.24, 2.45) is 0 Å². The Morgan fingerprint density at radius 1 is 0.745 bits per heavy atom. The van der Waals surface area contributed by atoms with Crippen LogP contribution in [-0.4, -0.2) is 52.9 Å². The molecule has 2 N–H and O–H groups in total. The van der Waals surface area contributed by atoms with Crippen LogP contribution in [0.2, 0.25) is 0 Å². The minimum Gasteiger partial charge on any atom is -0.465 e. The maximum atomic E-state index is 13.9. The number of sulfonamides is 1. The number of nitrogens with one attached hydrogen (secondary N) is 2. The first-order valence-electron chi connectivity index (χ1n) is 17.9. The van der Waals surface area contributed by atoms with Gasteiger partial charge < -0.3 is 20.1 Å². The van der Waals surface area contributed by atoms with E-state index in [0.717, 1.165) is 58.0 Å². The smallest absolute Gasteiger partial charge is 0.338 e. The van der Waals surface area contributed by atoms with Crippen molar-refractivity contribution in [3.63, 3.8) is 0 Å². The number of hydrogen-bond donors (Lipinski definition) is 2. The molecule has 0 aliphatic heterocycles. The summed E-state index contributed by atoms with van der Waals surface area (Å²) in [4.78, 5) is 52.3. The highest BCUT2D eigenvalue weighted by molar-refractivity contribution is 7.92. The number of benzene rings is 4. The highest BCUT2D eigenvalue weighted by Gasteiger charge is 2.28. The summed E-state index contributed by atoms with van der Waals surface area (Å²) >= 11 is 1.37. The summed E-state index contributed by atoms with van der Waals surface area (Å²) < 4.78 is 38.1. The van der Waals surface area contributed by atoms with E-state index in [0.29, 0.717) is 39.5 Å². The van der Waals surface area contributed by atoms with E-state index in [9.17, 15) is 27.6 Å². The topological polar surface area (TPSA) is 148 Å². The lowest BCUT2D eigenvalue weighted by molar-refractivity contribution is 0.0525. The van der Waals surface area contributed by atoms with E-state index in [4.69, 9.17) is 9.47 Å². The van der Waals surface area contributed by atoms with Gasteiger partial charge in [-0.25, -0.2) is 18.0 Å². The molecule has 1 aliphatic rings. The summed E-state index contributed by atoms with van der Waals surface area (Å²) in [5.74, 6) is -1.76. The van der Waals surface area contributed by atoms with Gasteiger partial charge in [-0.15, -0.1) is 11.3 Å². The molecule has 0 saturated carbocycles. The first kappa shape index (κ1) is 38.9. The standard InChI is InChI=1S/C42H41N3O8S2/c1-4-53-42(49)30-20-24-33(25-21-30)45(2)55(50,51)34-9-7-8-31(26-34)38(46)44-40-37(35-10-5-6-11-36(35)54-40)39(47)43-32-22-16-28(17-23-32)13-12-27-14-18-29(19-15-27)41(48)52-3/h7-9,14-26H,4-6,10-13H2,1-3H3,(H,43,47)(H,44,46). The van der Waals surface area contributed by atoms with Gasteiger partial charge in [-0.05, 0) is 129 Å². The van der Waals surface area contributed by atoms with Crippen molar-refractivity contribution in [1.82, 2.24) is 0 Å². The van der Waals surface area contributed by atoms with Crippen molar-refractivity contribution in [1.29, 1.82) is 0 Å². The number of amides is 2. The first-order valence-corrected chi connectivity index (χ1v) is 20.1. The molecular weight excluding hydrogens is 739 g/mol. The van der Waals surface area contributed by atoms with Crippen LogP contribution in [0.3, 0.4) is 0 Å². The molecule has 0 saturated heterocycles. The fourth-order valence-corrected chi connectivity index (χ4v) is 8.87. The van der Waals surface area contributed by atoms with Gasteiger partial charge in [0.25, 0.3) is 21.8 Å². The van der Waals surface area contributed by atoms with Gasteiger partial charge in [0, 0.05) is 23.2 Å². The number of anilines is 3. The monoisotopic (exact) mass is 779 g/mol. The summed E-state index contributed by atoms with van der Waals surface area (Å²) in [6.07, 6.45) is 4.97. The van der Waals surface area contributed by atoms with Crippen LogP contribution >= 0.6 is 11.3 Å². The third kappa shape index (κ3) is 8.96. The molecule has 6 rings (SSSR count). The average Bonchev–Trinajstić information content (AvgIpc) is 3.58. The minimum atomic E-state index is -4.09. The van der Waals surface area contributed by atoms with Crippen LogP contribution in [0.25, 0.3) is 0 Å². The molecule has 0 fully saturated rings. The zero-order valence-corrected chi connectivity index (χ0v) is 32.4. The van der Waals surface area contributed by atoms with Crippen molar-refractivity contribution < 1.29 is 37.1 Å². The van der Waals surface area contributed by atoms with E-state index in [1.807, 2.05) is 36.4 Å². The largest absolute Gasteiger partial charge is 0.465 e. The van der Waals surface area contributed by atoms with Crippen LogP contribution < -0.4 is 14.9 Å². The normalized spacial score (nSPS) is 12.3. The zero-order valence-electron chi connectivity index (χ0n) is 30.7. The molecule has 4 aromatic carbocycles. The first-order chi connectivity index (χ1) is 26.5. The summed E-state index contributed by atoms with van der Waals surface area (Å²) in [5, 5.41) is 6.33. The molecule has 11 nitrogen and oxygen atoms in total. The third-order valence-corrected chi connectivity index (χ3v) is 12.4. The molecule has 0 spiro atoms. The highest BCUT2D eigenvalue weighted by Crippen LogP contribution is 2.39. The van der Waals surface area contributed by atoms with Crippen LogP contribution in [0, 0.1) is 0 Å². The second-order valence-electron chi connectivity index (χ2n) is 13.0. The number of ether oxygens (including phenoxy) is 2. The Hall–Kier alpha value is -5.79. The fourth-order valence-electron chi connectivity index (χ4n) is 6.35. The van der Waals surface area contributed by atoms with Crippen LogP contribution in [0.1, 0.15) is 82.8 Å².